The number of rotatable bonds is 4. The number of carbonyl (C=O) groups excluding carboxylic acids is 2. The number of phenolic OH excluding ortho intramolecular Hbond substituents is 2. The van der Waals surface area contributed by atoms with Gasteiger partial charge in [0.1, 0.15) is 22.3 Å². The van der Waals surface area contributed by atoms with E-state index < -0.39 is 28.5 Å². The fourth-order valence-corrected chi connectivity index (χ4v) is 7.72. The molecule has 8 rings (SSSR count). The third-order valence-electron chi connectivity index (χ3n) is 10.3. The van der Waals surface area contributed by atoms with E-state index in [1.807, 2.05) is 69.3 Å². The van der Waals surface area contributed by atoms with Crippen LogP contribution in [-0.2, 0) is 26.6 Å². The SMILES string of the molecule is Cc1ccc([C@@]2(c3ccc(O)cc3)C(=O)Nc3c(C(F)(F)F)cccc32)cc1.Cc1ccc([C@@]2(c3ccc(O)cc3)C(=O)Nc3c2ccc(Cl)c3C)cc1. The van der Waals surface area contributed by atoms with Gasteiger partial charge in [-0.2, -0.15) is 13.2 Å². The highest BCUT2D eigenvalue weighted by molar-refractivity contribution is 6.32. The molecule has 0 aromatic heterocycles. The average molecular weight is 747 g/mol. The van der Waals surface area contributed by atoms with Gasteiger partial charge in [-0.15, -0.1) is 0 Å². The number of alkyl halides is 3. The molecule has 2 heterocycles. The molecule has 2 atom stereocenters. The quantitative estimate of drug-likeness (QED) is 0.144. The van der Waals surface area contributed by atoms with Crippen molar-refractivity contribution in [2.24, 2.45) is 0 Å². The highest BCUT2D eigenvalue weighted by atomic mass is 35.5. The second kappa shape index (κ2) is 13.4. The molecule has 0 saturated carbocycles. The first kappa shape index (κ1) is 36.3. The maximum Gasteiger partial charge on any atom is 0.418 e. The van der Waals surface area contributed by atoms with Crippen molar-refractivity contribution in [2.45, 2.75) is 37.8 Å². The molecule has 272 valence electrons. The molecular formula is C44H34ClF3N2O4. The molecule has 54 heavy (non-hydrogen) atoms. The van der Waals surface area contributed by atoms with Crippen molar-refractivity contribution in [2.75, 3.05) is 10.6 Å². The van der Waals surface area contributed by atoms with Crippen LogP contribution in [0.5, 0.6) is 11.5 Å². The second-order valence-corrected chi connectivity index (χ2v) is 14.0. The number of fused-ring (bicyclic) bond motifs is 2. The molecule has 6 nitrogen and oxygen atoms in total. The van der Waals surface area contributed by atoms with E-state index in [1.165, 1.54) is 24.3 Å². The van der Waals surface area contributed by atoms with Gasteiger partial charge in [-0.05, 0) is 85.0 Å². The summed E-state index contributed by atoms with van der Waals surface area (Å²) in [5.74, 6) is -0.509. The molecule has 0 radical (unpaired) electrons. The van der Waals surface area contributed by atoms with Crippen LogP contribution in [0.15, 0.2) is 127 Å². The maximum atomic E-state index is 13.5. The molecule has 0 saturated heterocycles. The number of para-hydroxylation sites is 1. The van der Waals surface area contributed by atoms with Crippen molar-refractivity contribution in [1.82, 2.24) is 0 Å². The number of amides is 2. The van der Waals surface area contributed by atoms with Crippen LogP contribution in [-0.4, -0.2) is 22.0 Å². The summed E-state index contributed by atoms with van der Waals surface area (Å²) in [5, 5.41) is 25.5. The van der Waals surface area contributed by atoms with Crippen LogP contribution >= 0.6 is 11.6 Å². The Labute approximate surface area is 314 Å². The number of benzene rings is 6. The molecule has 2 aliphatic heterocycles. The first-order valence-corrected chi connectivity index (χ1v) is 17.4. The van der Waals surface area contributed by atoms with Gasteiger partial charge in [-0.25, -0.2) is 0 Å². The number of hydrogen-bond donors (Lipinski definition) is 4. The van der Waals surface area contributed by atoms with Gasteiger partial charge in [-0.3, -0.25) is 9.59 Å². The smallest absolute Gasteiger partial charge is 0.418 e. The Hall–Kier alpha value is -6.06. The van der Waals surface area contributed by atoms with Crippen LogP contribution in [0.3, 0.4) is 0 Å². The van der Waals surface area contributed by atoms with Crippen LogP contribution in [0, 0.1) is 20.8 Å². The second-order valence-electron chi connectivity index (χ2n) is 13.6. The van der Waals surface area contributed by atoms with E-state index in [9.17, 15) is 33.0 Å². The predicted molar refractivity (Wildman–Crippen MR) is 203 cm³/mol. The van der Waals surface area contributed by atoms with Gasteiger partial charge in [0, 0.05) is 16.1 Å². The number of halogens is 4. The van der Waals surface area contributed by atoms with Gasteiger partial charge in [0.25, 0.3) is 0 Å². The highest BCUT2D eigenvalue weighted by Gasteiger charge is 2.53. The third-order valence-corrected chi connectivity index (χ3v) is 10.7. The van der Waals surface area contributed by atoms with Gasteiger partial charge in [0.15, 0.2) is 0 Å². The molecule has 6 aromatic rings. The van der Waals surface area contributed by atoms with Crippen LogP contribution in [0.2, 0.25) is 5.02 Å². The zero-order chi connectivity index (χ0) is 38.6. The number of anilines is 2. The lowest BCUT2D eigenvalue weighted by Gasteiger charge is -2.29. The molecule has 0 aliphatic carbocycles. The summed E-state index contributed by atoms with van der Waals surface area (Å²) < 4.78 is 40.6. The first-order valence-electron chi connectivity index (χ1n) is 17.1. The lowest BCUT2D eigenvalue weighted by Crippen LogP contribution is -2.37. The minimum atomic E-state index is -4.60. The molecular weight excluding hydrogens is 713 g/mol. The largest absolute Gasteiger partial charge is 0.508 e. The Morgan fingerprint density at radius 2 is 0.926 bits per heavy atom. The molecule has 0 bridgehead atoms. The van der Waals surface area contributed by atoms with Gasteiger partial charge in [-0.1, -0.05) is 114 Å². The predicted octanol–water partition coefficient (Wildman–Crippen LogP) is 9.95. The van der Waals surface area contributed by atoms with Gasteiger partial charge >= 0.3 is 6.18 Å². The molecule has 0 fully saturated rings. The maximum absolute atomic E-state index is 13.5. The van der Waals surface area contributed by atoms with Crippen LogP contribution < -0.4 is 10.6 Å². The number of aryl methyl sites for hydroxylation is 2. The summed E-state index contributed by atoms with van der Waals surface area (Å²) >= 11 is 6.28. The summed E-state index contributed by atoms with van der Waals surface area (Å²) in [7, 11) is 0. The fourth-order valence-electron chi connectivity index (χ4n) is 7.56. The molecule has 2 aliphatic rings. The lowest BCUT2D eigenvalue weighted by molar-refractivity contribution is -0.137. The van der Waals surface area contributed by atoms with Gasteiger partial charge < -0.3 is 20.8 Å². The summed E-state index contributed by atoms with van der Waals surface area (Å²) in [6.07, 6.45) is -4.60. The standard InChI is InChI=1S/C22H18ClNO2.C22H16F3NO2/c1-13-3-5-15(6-4-13)22(16-7-9-17(25)10-8-16)18-11-12-19(23)14(2)20(18)24-21(22)26;1-13-5-7-14(8-6-13)21(15-9-11-16(27)12-10-15)17-3-2-4-18(22(23,24)25)19(17)26-20(21)28/h3-12,25H,1-2H3,(H,24,26);2-12,27H,1H3,(H,26,28)/t22-;21-/m00/s1. The lowest BCUT2D eigenvalue weighted by atomic mass is 9.70. The number of hydrogen-bond acceptors (Lipinski definition) is 4. The van der Waals surface area contributed by atoms with Crippen LogP contribution in [0.1, 0.15) is 55.6 Å². The zero-order valence-corrected chi connectivity index (χ0v) is 30.1. The summed E-state index contributed by atoms with van der Waals surface area (Å²) in [6, 6.07) is 35.4. The zero-order valence-electron chi connectivity index (χ0n) is 29.3. The molecule has 0 spiro atoms. The van der Waals surface area contributed by atoms with E-state index in [1.54, 1.807) is 48.5 Å². The van der Waals surface area contributed by atoms with Crippen molar-refractivity contribution in [3.8, 4) is 11.5 Å². The van der Waals surface area contributed by atoms with Crippen molar-refractivity contribution in [3.05, 3.63) is 188 Å². The summed E-state index contributed by atoms with van der Waals surface area (Å²) in [6.45, 7) is 5.81. The Kier molecular flexibility index (Phi) is 9.02. The number of aromatic hydroxyl groups is 2. The van der Waals surface area contributed by atoms with Crippen molar-refractivity contribution in [3.63, 3.8) is 0 Å². The highest BCUT2D eigenvalue weighted by Crippen LogP contribution is 2.52. The van der Waals surface area contributed by atoms with E-state index in [2.05, 4.69) is 10.6 Å². The van der Waals surface area contributed by atoms with Crippen LogP contribution in [0.25, 0.3) is 0 Å². The summed E-state index contributed by atoms with van der Waals surface area (Å²) in [5.41, 5.74) is 3.99. The van der Waals surface area contributed by atoms with E-state index in [4.69, 9.17) is 11.6 Å². The number of phenols is 2. The van der Waals surface area contributed by atoms with E-state index >= 15 is 0 Å². The average Bonchev–Trinajstić information content (AvgIpc) is 3.62. The number of carbonyl (C=O) groups is 2. The molecule has 0 unspecified atom stereocenters. The van der Waals surface area contributed by atoms with Crippen molar-refractivity contribution in [1.29, 1.82) is 0 Å². The fraction of sp³-hybridized carbons (Fsp3) is 0.136. The Morgan fingerprint density at radius 3 is 1.35 bits per heavy atom. The summed E-state index contributed by atoms with van der Waals surface area (Å²) in [4.78, 5) is 26.6. The van der Waals surface area contributed by atoms with Gasteiger partial charge in [0.05, 0.1) is 16.9 Å². The van der Waals surface area contributed by atoms with E-state index in [0.717, 1.165) is 45.1 Å². The Balaban J connectivity index is 0.000000167. The third kappa shape index (κ3) is 5.76. The molecule has 10 heteroatoms. The Morgan fingerprint density at radius 1 is 0.537 bits per heavy atom. The molecule has 6 aromatic carbocycles. The van der Waals surface area contributed by atoms with Crippen molar-refractivity contribution < 1.29 is 33.0 Å². The van der Waals surface area contributed by atoms with Crippen molar-refractivity contribution >= 4 is 34.8 Å². The number of nitrogens with one attached hydrogen (secondary N) is 2. The monoisotopic (exact) mass is 746 g/mol. The van der Waals surface area contributed by atoms with Crippen LogP contribution in [0.4, 0.5) is 24.5 Å². The topological polar surface area (TPSA) is 98.7 Å². The van der Waals surface area contributed by atoms with E-state index in [-0.39, 0.29) is 28.7 Å². The molecule has 4 N–H and O–H groups in total. The van der Waals surface area contributed by atoms with E-state index in [0.29, 0.717) is 16.1 Å². The van der Waals surface area contributed by atoms with Gasteiger partial charge in [0.2, 0.25) is 11.8 Å². The molecule has 2 amide bonds. The first-order chi connectivity index (χ1) is 25.7. The minimum Gasteiger partial charge on any atom is -0.508 e. The normalized spacial score (nSPS) is 18.6. The minimum absolute atomic E-state index is 0.00507. The Bertz CT molecular complexity index is 2320.